The van der Waals surface area contributed by atoms with Crippen LogP contribution in [-0.2, 0) is 10.0 Å². The third kappa shape index (κ3) is 4.30. The number of aryl methyl sites for hydroxylation is 2. The number of rotatable bonds is 5. The molecule has 5 nitrogen and oxygen atoms in total. The lowest BCUT2D eigenvalue weighted by atomic mass is 10.1. The highest BCUT2D eigenvalue weighted by Gasteiger charge is 2.24. The van der Waals surface area contributed by atoms with Crippen LogP contribution in [0, 0.1) is 19.7 Å². The van der Waals surface area contributed by atoms with Gasteiger partial charge >= 0.3 is 0 Å². The molecule has 7 heteroatoms. The highest BCUT2D eigenvalue weighted by molar-refractivity contribution is 7.92. The number of hydrogen-bond acceptors (Lipinski definition) is 3. The van der Waals surface area contributed by atoms with Crippen molar-refractivity contribution in [3.8, 4) is 0 Å². The predicted molar refractivity (Wildman–Crippen MR) is 112 cm³/mol. The van der Waals surface area contributed by atoms with E-state index in [-0.39, 0.29) is 16.1 Å². The van der Waals surface area contributed by atoms with Crippen molar-refractivity contribution >= 4 is 27.3 Å². The standard InChI is InChI=1S/C22H21FN2O3S/c1-15-11-12-20(16(2)13-15)24-22(26)17-7-6-8-18(14-17)29(27,28)25(3)21-10-5-4-9-19(21)23/h4-14H,1-3H3,(H,24,26). The van der Waals surface area contributed by atoms with Crippen LogP contribution in [0.2, 0.25) is 0 Å². The first-order chi connectivity index (χ1) is 13.7. The second-order valence-electron chi connectivity index (χ2n) is 6.72. The third-order valence-electron chi connectivity index (χ3n) is 4.58. The van der Waals surface area contributed by atoms with Gasteiger partial charge in [0.2, 0.25) is 0 Å². The van der Waals surface area contributed by atoms with Crippen LogP contribution in [0.1, 0.15) is 21.5 Å². The molecule has 0 aliphatic rings. The molecule has 29 heavy (non-hydrogen) atoms. The molecule has 0 unspecified atom stereocenters. The molecule has 0 atom stereocenters. The summed E-state index contributed by atoms with van der Waals surface area (Å²) in [5, 5.41) is 2.80. The van der Waals surface area contributed by atoms with Crippen LogP contribution in [0.15, 0.2) is 71.6 Å². The first-order valence-corrected chi connectivity index (χ1v) is 10.4. The van der Waals surface area contributed by atoms with Gasteiger partial charge in [-0.05, 0) is 55.8 Å². The molecule has 0 spiro atoms. The topological polar surface area (TPSA) is 66.5 Å². The first-order valence-electron chi connectivity index (χ1n) is 8.92. The molecule has 3 aromatic carbocycles. The highest BCUT2D eigenvalue weighted by atomic mass is 32.2. The molecule has 3 rings (SSSR count). The van der Waals surface area contributed by atoms with Gasteiger partial charge in [-0.25, -0.2) is 12.8 Å². The maximum absolute atomic E-state index is 14.0. The number of anilines is 2. The summed E-state index contributed by atoms with van der Waals surface area (Å²) in [5.74, 6) is -1.08. The zero-order valence-corrected chi connectivity index (χ0v) is 17.1. The normalized spacial score (nSPS) is 11.2. The SMILES string of the molecule is Cc1ccc(NC(=O)c2cccc(S(=O)(=O)N(C)c3ccccc3F)c2)c(C)c1. The Morgan fingerprint density at radius 2 is 1.69 bits per heavy atom. The number of benzene rings is 3. The molecule has 0 saturated carbocycles. The summed E-state index contributed by atoms with van der Waals surface area (Å²) in [7, 11) is -2.77. The molecule has 0 radical (unpaired) electrons. The van der Waals surface area contributed by atoms with Crippen molar-refractivity contribution in [3.63, 3.8) is 0 Å². The average molecular weight is 412 g/mol. The fourth-order valence-corrected chi connectivity index (χ4v) is 4.19. The van der Waals surface area contributed by atoms with Crippen LogP contribution in [0.5, 0.6) is 0 Å². The monoisotopic (exact) mass is 412 g/mol. The maximum Gasteiger partial charge on any atom is 0.264 e. The second-order valence-corrected chi connectivity index (χ2v) is 8.69. The van der Waals surface area contributed by atoms with Crippen molar-refractivity contribution in [2.45, 2.75) is 18.7 Å². The molecular formula is C22H21FN2O3S. The molecule has 150 valence electrons. The Bertz CT molecular complexity index is 1180. The predicted octanol–water partition coefficient (Wildman–Crippen LogP) is 4.52. The van der Waals surface area contributed by atoms with Gasteiger partial charge in [-0.2, -0.15) is 0 Å². The Kier molecular flexibility index (Phi) is 5.70. The van der Waals surface area contributed by atoms with Crippen molar-refractivity contribution in [1.82, 2.24) is 0 Å². The van der Waals surface area contributed by atoms with Crippen LogP contribution >= 0.6 is 0 Å². The lowest BCUT2D eigenvalue weighted by Gasteiger charge is -2.20. The number of hydrogen-bond donors (Lipinski definition) is 1. The second kappa shape index (κ2) is 8.05. The van der Waals surface area contributed by atoms with Crippen LogP contribution in [0.3, 0.4) is 0 Å². The number of nitrogens with one attached hydrogen (secondary N) is 1. The molecule has 0 aliphatic carbocycles. The molecule has 1 amide bonds. The Morgan fingerprint density at radius 3 is 2.38 bits per heavy atom. The van der Waals surface area contributed by atoms with E-state index in [1.165, 1.54) is 49.5 Å². The van der Waals surface area contributed by atoms with E-state index in [2.05, 4.69) is 5.32 Å². The lowest BCUT2D eigenvalue weighted by molar-refractivity contribution is 0.102. The number of carbonyl (C=O) groups excluding carboxylic acids is 1. The Morgan fingerprint density at radius 1 is 0.966 bits per heavy atom. The van der Waals surface area contributed by atoms with Gasteiger partial charge in [0.15, 0.2) is 0 Å². The minimum atomic E-state index is -4.04. The van der Waals surface area contributed by atoms with Gasteiger partial charge in [-0.1, -0.05) is 35.9 Å². The smallest absolute Gasteiger partial charge is 0.264 e. The molecule has 0 bridgehead atoms. The van der Waals surface area contributed by atoms with Gasteiger partial charge in [0, 0.05) is 18.3 Å². The number of halogens is 1. The number of nitrogens with zero attached hydrogens (tertiary/aromatic N) is 1. The Hall–Kier alpha value is -3.19. The summed E-state index contributed by atoms with van der Waals surface area (Å²) in [4.78, 5) is 12.5. The van der Waals surface area contributed by atoms with E-state index in [4.69, 9.17) is 0 Å². The molecule has 1 N–H and O–H groups in total. The number of amides is 1. The van der Waals surface area contributed by atoms with Gasteiger partial charge in [-0.15, -0.1) is 0 Å². The summed E-state index contributed by atoms with van der Waals surface area (Å²) >= 11 is 0. The molecule has 0 fully saturated rings. The maximum atomic E-state index is 14.0. The van der Waals surface area contributed by atoms with Crippen molar-refractivity contribution in [3.05, 3.63) is 89.2 Å². The molecule has 3 aromatic rings. The van der Waals surface area contributed by atoms with Crippen LogP contribution in [0.4, 0.5) is 15.8 Å². The van der Waals surface area contributed by atoms with E-state index in [0.29, 0.717) is 5.69 Å². The highest BCUT2D eigenvalue weighted by Crippen LogP contribution is 2.25. The zero-order valence-electron chi connectivity index (χ0n) is 16.3. The van der Waals surface area contributed by atoms with E-state index in [1.807, 2.05) is 26.0 Å². The van der Waals surface area contributed by atoms with Gasteiger partial charge in [0.1, 0.15) is 5.82 Å². The van der Waals surface area contributed by atoms with Crippen molar-refractivity contribution in [1.29, 1.82) is 0 Å². The van der Waals surface area contributed by atoms with Gasteiger partial charge in [-0.3, -0.25) is 9.10 Å². The number of carbonyl (C=O) groups is 1. The largest absolute Gasteiger partial charge is 0.322 e. The fourth-order valence-electron chi connectivity index (χ4n) is 2.94. The summed E-state index contributed by atoms with van der Waals surface area (Å²) in [6, 6.07) is 16.9. The minimum absolute atomic E-state index is 0.0716. The van der Waals surface area contributed by atoms with E-state index in [9.17, 15) is 17.6 Å². The Balaban J connectivity index is 1.90. The van der Waals surface area contributed by atoms with E-state index >= 15 is 0 Å². The quantitative estimate of drug-likeness (QED) is 0.670. The van der Waals surface area contributed by atoms with E-state index in [0.717, 1.165) is 15.4 Å². The average Bonchev–Trinajstić information content (AvgIpc) is 2.70. The summed E-state index contributed by atoms with van der Waals surface area (Å²) < 4.78 is 40.8. The van der Waals surface area contributed by atoms with Crippen LogP contribution in [0.25, 0.3) is 0 Å². The molecular weight excluding hydrogens is 391 g/mol. The number of para-hydroxylation sites is 1. The fraction of sp³-hybridized carbons (Fsp3) is 0.136. The van der Waals surface area contributed by atoms with Crippen LogP contribution < -0.4 is 9.62 Å². The molecule has 0 saturated heterocycles. The van der Waals surface area contributed by atoms with Crippen molar-refractivity contribution < 1.29 is 17.6 Å². The van der Waals surface area contributed by atoms with Gasteiger partial charge < -0.3 is 5.32 Å². The molecule has 0 aliphatic heterocycles. The van der Waals surface area contributed by atoms with Gasteiger partial charge in [0.05, 0.1) is 10.6 Å². The molecule has 0 heterocycles. The first kappa shape index (κ1) is 20.5. The van der Waals surface area contributed by atoms with Crippen LogP contribution in [-0.4, -0.2) is 21.4 Å². The van der Waals surface area contributed by atoms with Crippen molar-refractivity contribution in [2.24, 2.45) is 0 Å². The van der Waals surface area contributed by atoms with Gasteiger partial charge in [0.25, 0.3) is 15.9 Å². The minimum Gasteiger partial charge on any atom is -0.322 e. The van der Waals surface area contributed by atoms with E-state index in [1.54, 1.807) is 12.1 Å². The molecule has 0 aromatic heterocycles. The van der Waals surface area contributed by atoms with Crippen molar-refractivity contribution in [2.75, 3.05) is 16.7 Å². The summed E-state index contributed by atoms with van der Waals surface area (Å²) in [6.45, 7) is 3.84. The lowest BCUT2D eigenvalue weighted by Crippen LogP contribution is -2.27. The third-order valence-corrected chi connectivity index (χ3v) is 6.34. The van der Waals surface area contributed by atoms with E-state index < -0.39 is 21.7 Å². The zero-order chi connectivity index (χ0) is 21.2. The Labute approximate surface area is 169 Å². The summed E-state index contributed by atoms with van der Waals surface area (Å²) in [5.41, 5.74) is 2.74. The summed E-state index contributed by atoms with van der Waals surface area (Å²) in [6.07, 6.45) is 0. The number of sulfonamides is 1.